The Morgan fingerprint density at radius 1 is 1.16 bits per heavy atom. The van der Waals surface area contributed by atoms with Crippen LogP contribution in [-0.4, -0.2) is 29.6 Å². The van der Waals surface area contributed by atoms with Gasteiger partial charge in [0.1, 0.15) is 5.82 Å². The maximum absolute atomic E-state index is 13.1. The number of hydrogen-bond donors (Lipinski definition) is 2. The van der Waals surface area contributed by atoms with Crippen LogP contribution in [0.15, 0.2) is 52.4 Å². The Labute approximate surface area is 190 Å². The van der Waals surface area contributed by atoms with Crippen molar-refractivity contribution >= 4 is 23.5 Å². The number of amides is 1. The standard InChI is InChI=1S/C24H25N3O4S/c1-4-31-18-10-9-15(11-19(18)30-3)17-12-20(28)25-22-21(17)23(29)27-24(26-22)32-13-16-8-6-5-7-14(16)2/h5-11,17H,4,12-13H2,1-3H3,(H2,25,26,27,28,29). The molecule has 1 aliphatic rings. The van der Waals surface area contributed by atoms with E-state index in [1.54, 1.807) is 13.2 Å². The molecule has 0 aliphatic carbocycles. The van der Waals surface area contributed by atoms with Gasteiger partial charge in [0.2, 0.25) is 5.91 Å². The number of nitrogens with one attached hydrogen (secondary N) is 2. The molecule has 0 spiro atoms. The van der Waals surface area contributed by atoms with Crippen LogP contribution in [0.25, 0.3) is 0 Å². The summed E-state index contributed by atoms with van der Waals surface area (Å²) < 4.78 is 11.0. The minimum atomic E-state index is -0.421. The van der Waals surface area contributed by atoms with Crippen LogP contribution >= 0.6 is 11.8 Å². The fourth-order valence-electron chi connectivity index (χ4n) is 3.80. The monoisotopic (exact) mass is 451 g/mol. The van der Waals surface area contributed by atoms with Gasteiger partial charge in [0.25, 0.3) is 5.56 Å². The summed E-state index contributed by atoms with van der Waals surface area (Å²) in [5.74, 6) is 1.57. The number of H-pyrrole nitrogens is 1. The summed E-state index contributed by atoms with van der Waals surface area (Å²) in [6, 6.07) is 13.6. The molecule has 0 radical (unpaired) electrons. The predicted octanol–water partition coefficient (Wildman–Crippen LogP) is 4.25. The van der Waals surface area contributed by atoms with Crippen LogP contribution in [0.3, 0.4) is 0 Å². The number of hydrogen-bond acceptors (Lipinski definition) is 6. The van der Waals surface area contributed by atoms with Crippen molar-refractivity contribution in [3.05, 3.63) is 75.1 Å². The summed E-state index contributed by atoms with van der Waals surface area (Å²) in [6.07, 6.45) is 0.157. The average molecular weight is 452 g/mol. The smallest absolute Gasteiger partial charge is 0.257 e. The summed E-state index contributed by atoms with van der Waals surface area (Å²) in [7, 11) is 1.56. The lowest BCUT2D eigenvalue weighted by Gasteiger charge is -2.25. The number of nitrogens with zero attached hydrogens (tertiary/aromatic N) is 1. The minimum absolute atomic E-state index is 0.157. The molecule has 0 saturated heterocycles. The number of aromatic nitrogens is 2. The first-order valence-electron chi connectivity index (χ1n) is 10.4. The highest BCUT2D eigenvalue weighted by Gasteiger charge is 2.31. The van der Waals surface area contributed by atoms with E-state index >= 15 is 0 Å². The molecule has 2 N–H and O–H groups in total. The van der Waals surface area contributed by atoms with Crippen LogP contribution in [0.1, 0.15) is 41.5 Å². The quantitative estimate of drug-likeness (QED) is 0.412. The number of thioether (sulfide) groups is 1. The third-order valence-corrected chi connectivity index (χ3v) is 6.37. The molecule has 1 amide bonds. The lowest BCUT2D eigenvalue weighted by molar-refractivity contribution is -0.116. The van der Waals surface area contributed by atoms with Gasteiger partial charge in [0, 0.05) is 18.1 Å². The molecule has 1 unspecified atom stereocenters. The highest BCUT2D eigenvalue weighted by molar-refractivity contribution is 7.98. The molecule has 7 nitrogen and oxygen atoms in total. The Morgan fingerprint density at radius 3 is 2.72 bits per heavy atom. The lowest BCUT2D eigenvalue weighted by atomic mass is 9.86. The molecule has 0 bridgehead atoms. The van der Waals surface area contributed by atoms with Gasteiger partial charge in [-0.05, 0) is 42.7 Å². The van der Waals surface area contributed by atoms with Gasteiger partial charge < -0.3 is 19.8 Å². The SMILES string of the molecule is CCOc1ccc(C2CC(=O)Nc3nc(SCc4ccccc4C)[nH]c(=O)c32)cc1OC. The number of methoxy groups -OCH3 is 1. The zero-order valence-electron chi connectivity index (χ0n) is 18.2. The van der Waals surface area contributed by atoms with E-state index in [1.165, 1.54) is 22.9 Å². The maximum Gasteiger partial charge on any atom is 0.257 e. The molecule has 4 rings (SSSR count). The van der Waals surface area contributed by atoms with Crippen LogP contribution in [0.4, 0.5) is 5.82 Å². The number of fused-ring (bicyclic) bond motifs is 1. The molecular weight excluding hydrogens is 426 g/mol. The first-order valence-corrected chi connectivity index (χ1v) is 11.4. The van der Waals surface area contributed by atoms with Gasteiger partial charge in [-0.1, -0.05) is 42.1 Å². The molecule has 2 heterocycles. The normalized spacial score (nSPS) is 15.1. The summed E-state index contributed by atoms with van der Waals surface area (Å²) in [5.41, 5.74) is 3.35. The summed E-state index contributed by atoms with van der Waals surface area (Å²) in [6.45, 7) is 4.46. The van der Waals surface area contributed by atoms with Crippen LogP contribution in [0.2, 0.25) is 0 Å². The van der Waals surface area contributed by atoms with Gasteiger partial charge in [-0.25, -0.2) is 4.98 Å². The highest BCUT2D eigenvalue weighted by atomic mass is 32.2. The first-order chi connectivity index (χ1) is 15.5. The second kappa shape index (κ2) is 9.48. The summed E-state index contributed by atoms with van der Waals surface area (Å²) >= 11 is 1.43. The minimum Gasteiger partial charge on any atom is -0.493 e. The summed E-state index contributed by atoms with van der Waals surface area (Å²) in [4.78, 5) is 33.0. The van der Waals surface area contributed by atoms with Crippen LogP contribution < -0.4 is 20.3 Å². The van der Waals surface area contributed by atoms with E-state index in [2.05, 4.69) is 34.3 Å². The van der Waals surface area contributed by atoms with Crippen molar-refractivity contribution in [1.29, 1.82) is 0 Å². The van der Waals surface area contributed by atoms with E-state index in [4.69, 9.17) is 9.47 Å². The van der Waals surface area contributed by atoms with Crippen molar-refractivity contribution in [3.63, 3.8) is 0 Å². The second-order valence-corrected chi connectivity index (χ2v) is 8.46. The Morgan fingerprint density at radius 2 is 1.97 bits per heavy atom. The predicted molar refractivity (Wildman–Crippen MR) is 125 cm³/mol. The molecule has 32 heavy (non-hydrogen) atoms. The largest absolute Gasteiger partial charge is 0.493 e. The number of carbonyl (C=O) groups excluding carboxylic acids is 1. The topological polar surface area (TPSA) is 93.3 Å². The number of carbonyl (C=O) groups is 1. The van der Waals surface area contributed by atoms with Gasteiger partial charge in [-0.2, -0.15) is 0 Å². The van der Waals surface area contributed by atoms with E-state index in [-0.39, 0.29) is 17.9 Å². The Kier molecular flexibility index (Phi) is 6.50. The van der Waals surface area contributed by atoms with Crippen LogP contribution in [0, 0.1) is 6.92 Å². The number of ether oxygens (including phenoxy) is 2. The number of aromatic amines is 1. The maximum atomic E-state index is 13.1. The molecule has 8 heteroatoms. The number of anilines is 1. The van der Waals surface area contributed by atoms with Gasteiger partial charge in [-0.15, -0.1) is 0 Å². The third kappa shape index (κ3) is 4.50. The zero-order chi connectivity index (χ0) is 22.7. The average Bonchev–Trinajstić information content (AvgIpc) is 2.78. The van der Waals surface area contributed by atoms with Crippen molar-refractivity contribution < 1.29 is 14.3 Å². The van der Waals surface area contributed by atoms with Gasteiger partial charge >= 0.3 is 0 Å². The Bertz CT molecular complexity index is 1210. The van der Waals surface area contributed by atoms with Crippen molar-refractivity contribution in [2.75, 3.05) is 19.0 Å². The molecule has 0 fully saturated rings. The van der Waals surface area contributed by atoms with Gasteiger partial charge in [0.15, 0.2) is 16.7 Å². The molecule has 2 aromatic carbocycles. The van der Waals surface area contributed by atoms with E-state index in [1.807, 2.05) is 31.2 Å². The molecule has 1 aliphatic heterocycles. The number of rotatable bonds is 7. The van der Waals surface area contributed by atoms with Crippen molar-refractivity contribution in [1.82, 2.24) is 9.97 Å². The zero-order valence-corrected chi connectivity index (χ0v) is 19.0. The molecule has 3 aromatic rings. The third-order valence-electron chi connectivity index (χ3n) is 5.44. The van der Waals surface area contributed by atoms with Gasteiger partial charge in [0.05, 0.1) is 19.3 Å². The molecule has 0 saturated carbocycles. The van der Waals surface area contributed by atoms with E-state index in [0.717, 1.165) is 5.56 Å². The number of benzene rings is 2. The van der Waals surface area contributed by atoms with E-state index in [0.29, 0.717) is 40.4 Å². The second-order valence-electron chi connectivity index (χ2n) is 7.50. The van der Waals surface area contributed by atoms with Crippen molar-refractivity contribution in [2.45, 2.75) is 37.1 Å². The molecule has 1 aromatic heterocycles. The highest BCUT2D eigenvalue weighted by Crippen LogP contribution is 2.38. The Balaban J connectivity index is 1.66. The first kappa shape index (κ1) is 22.0. The molecular formula is C24H25N3O4S. The van der Waals surface area contributed by atoms with Crippen LogP contribution in [0.5, 0.6) is 11.5 Å². The van der Waals surface area contributed by atoms with Gasteiger partial charge in [-0.3, -0.25) is 9.59 Å². The Hall–Kier alpha value is -3.26. The summed E-state index contributed by atoms with van der Waals surface area (Å²) in [5, 5.41) is 3.25. The van der Waals surface area contributed by atoms with E-state index < -0.39 is 5.92 Å². The van der Waals surface area contributed by atoms with Crippen molar-refractivity contribution in [3.8, 4) is 11.5 Å². The van der Waals surface area contributed by atoms with Crippen molar-refractivity contribution in [2.24, 2.45) is 0 Å². The molecule has 166 valence electrons. The fourth-order valence-corrected chi connectivity index (χ4v) is 4.73. The lowest BCUT2D eigenvalue weighted by Crippen LogP contribution is -2.31. The van der Waals surface area contributed by atoms with E-state index in [9.17, 15) is 9.59 Å². The fraction of sp³-hybridized carbons (Fsp3) is 0.292. The molecule has 1 atom stereocenters. The van der Waals surface area contributed by atoms with Crippen LogP contribution in [-0.2, 0) is 10.5 Å². The number of aryl methyl sites for hydroxylation is 1.